The van der Waals surface area contributed by atoms with E-state index in [0.29, 0.717) is 16.6 Å². The van der Waals surface area contributed by atoms with Gasteiger partial charge in [-0.1, -0.05) is 58.6 Å². The second kappa shape index (κ2) is 8.64. The fourth-order valence-electron chi connectivity index (χ4n) is 3.25. The first kappa shape index (κ1) is 21.3. The van der Waals surface area contributed by atoms with Crippen LogP contribution in [0.5, 0.6) is 5.88 Å². The maximum atomic E-state index is 12.6. The van der Waals surface area contributed by atoms with Crippen LogP contribution >= 0.6 is 0 Å². The summed E-state index contributed by atoms with van der Waals surface area (Å²) in [7, 11) is -4.04. The van der Waals surface area contributed by atoms with Crippen LogP contribution in [0.2, 0.25) is 0 Å². The molecule has 8 nitrogen and oxygen atoms in total. The lowest BCUT2D eigenvalue weighted by Gasteiger charge is -2.08. The zero-order chi connectivity index (χ0) is 22.7. The van der Waals surface area contributed by atoms with Crippen molar-refractivity contribution in [1.82, 2.24) is 4.57 Å². The largest absolute Gasteiger partial charge is 0.493 e. The number of sulfonamides is 1. The van der Waals surface area contributed by atoms with Crippen molar-refractivity contribution in [2.75, 3.05) is 5.32 Å². The quantitative estimate of drug-likeness (QED) is 0.414. The molecule has 3 aromatic carbocycles. The third-order valence-electron chi connectivity index (χ3n) is 4.84. The molecule has 32 heavy (non-hydrogen) atoms. The van der Waals surface area contributed by atoms with Crippen LogP contribution < -0.4 is 5.32 Å². The van der Waals surface area contributed by atoms with Gasteiger partial charge in [0.1, 0.15) is 6.54 Å². The predicted octanol–water partition coefficient (Wildman–Crippen LogP) is 4.77. The number of aromatic nitrogens is 1. The molecule has 0 radical (unpaired) electrons. The van der Waals surface area contributed by atoms with E-state index in [1.165, 1.54) is 16.7 Å². The molecule has 0 unspecified atom stereocenters. The summed E-state index contributed by atoms with van der Waals surface area (Å²) in [5.74, 6) is -0.706. The highest BCUT2D eigenvalue weighted by Crippen LogP contribution is 2.39. The van der Waals surface area contributed by atoms with Crippen LogP contribution in [-0.4, -0.2) is 24.0 Å². The van der Waals surface area contributed by atoms with Gasteiger partial charge in [-0.3, -0.25) is 4.79 Å². The van der Waals surface area contributed by atoms with E-state index in [4.69, 9.17) is 0 Å². The molecule has 0 spiro atoms. The normalized spacial score (nSPS) is 11.8. The van der Waals surface area contributed by atoms with Gasteiger partial charge in [0.25, 0.3) is 10.0 Å². The standard InChI is InChI=1S/C23H20N4O4S/c1-16-11-13-17(14-12-16)24-21(28)15-27-20-10-6-5-9-19(20)22(23(27)29)25-26-32(30,31)18-7-3-2-4-8-18/h2-14,29H,15H2,1H3,(H,24,28). The van der Waals surface area contributed by atoms with E-state index in [2.05, 4.69) is 15.0 Å². The van der Waals surface area contributed by atoms with Crippen molar-refractivity contribution in [3.63, 3.8) is 0 Å². The summed E-state index contributed by atoms with van der Waals surface area (Å²) in [6, 6.07) is 21.9. The van der Waals surface area contributed by atoms with E-state index in [0.717, 1.165) is 5.56 Å². The number of para-hydroxylation sites is 1. The number of hydrogen-bond donors (Lipinski definition) is 2. The molecule has 9 heteroatoms. The Balaban J connectivity index is 1.66. The third-order valence-corrected chi connectivity index (χ3v) is 6.01. The lowest BCUT2D eigenvalue weighted by atomic mass is 10.2. The third kappa shape index (κ3) is 4.37. The Morgan fingerprint density at radius 1 is 0.969 bits per heavy atom. The summed E-state index contributed by atoms with van der Waals surface area (Å²) in [5.41, 5.74) is 2.20. The first-order chi connectivity index (χ1) is 15.3. The van der Waals surface area contributed by atoms with Crippen molar-refractivity contribution in [2.45, 2.75) is 18.4 Å². The Morgan fingerprint density at radius 2 is 1.62 bits per heavy atom. The molecule has 1 amide bonds. The van der Waals surface area contributed by atoms with E-state index in [1.807, 2.05) is 19.1 Å². The van der Waals surface area contributed by atoms with Crippen LogP contribution in [0.1, 0.15) is 5.56 Å². The van der Waals surface area contributed by atoms with Gasteiger partial charge in [-0.05, 0) is 37.3 Å². The first-order valence-electron chi connectivity index (χ1n) is 9.75. The zero-order valence-electron chi connectivity index (χ0n) is 17.1. The predicted molar refractivity (Wildman–Crippen MR) is 122 cm³/mol. The smallest absolute Gasteiger partial charge is 0.299 e. The minimum atomic E-state index is -4.04. The summed E-state index contributed by atoms with van der Waals surface area (Å²) in [5, 5.41) is 17.9. The monoisotopic (exact) mass is 448 g/mol. The molecule has 4 aromatic rings. The molecule has 0 bridgehead atoms. The number of nitrogens with zero attached hydrogens (tertiary/aromatic N) is 3. The van der Waals surface area contributed by atoms with Crippen LogP contribution in [0.3, 0.4) is 0 Å². The molecule has 4 rings (SSSR count). The molecule has 0 aliphatic heterocycles. The summed E-state index contributed by atoms with van der Waals surface area (Å²) < 4.78 is 29.8. The highest BCUT2D eigenvalue weighted by atomic mass is 32.2. The van der Waals surface area contributed by atoms with Gasteiger partial charge in [-0.2, -0.15) is 8.42 Å². The molecule has 2 N–H and O–H groups in total. The van der Waals surface area contributed by atoms with Crippen molar-refractivity contribution >= 4 is 38.2 Å². The topological polar surface area (TPSA) is 113 Å². The van der Waals surface area contributed by atoms with Crippen LogP contribution in [-0.2, 0) is 21.4 Å². The van der Waals surface area contributed by atoms with Crippen LogP contribution in [0.15, 0.2) is 93.4 Å². The fraction of sp³-hybridized carbons (Fsp3) is 0.0870. The van der Waals surface area contributed by atoms with Gasteiger partial charge in [0, 0.05) is 11.1 Å². The Labute approximate surface area is 184 Å². The fourth-order valence-corrected chi connectivity index (χ4v) is 4.03. The SMILES string of the molecule is Cc1ccc(NC(=O)Cn2c(O)c(N=NS(=O)(=O)c3ccccc3)c3ccccc32)cc1. The number of anilines is 1. The molecule has 1 heterocycles. The van der Waals surface area contributed by atoms with Crippen molar-refractivity contribution in [2.24, 2.45) is 9.63 Å². The first-order valence-corrected chi connectivity index (χ1v) is 11.2. The average molecular weight is 449 g/mol. The molecule has 0 atom stereocenters. The van der Waals surface area contributed by atoms with Gasteiger partial charge in [0.15, 0.2) is 5.69 Å². The molecule has 162 valence electrons. The van der Waals surface area contributed by atoms with Crippen LogP contribution in [0, 0.1) is 6.92 Å². The molecular formula is C23H20N4O4S. The van der Waals surface area contributed by atoms with E-state index < -0.39 is 10.0 Å². The average Bonchev–Trinajstić information content (AvgIpc) is 3.05. The number of nitrogens with one attached hydrogen (secondary N) is 1. The van der Waals surface area contributed by atoms with Gasteiger partial charge < -0.3 is 15.0 Å². The minimum Gasteiger partial charge on any atom is -0.493 e. The van der Waals surface area contributed by atoms with Gasteiger partial charge >= 0.3 is 0 Å². The molecule has 0 aliphatic rings. The van der Waals surface area contributed by atoms with Gasteiger partial charge in [-0.15, -0.1) is 5.11 Å². The number of amides is 1. The number of rotatable bonds is 6. The number of aryl methyl sites for hydroxylation is 1. The highest BCUT2D eigenvalue weighted by molar-refractivity contribution is 7.90. The summed E-state index contributed by atoms with van der Waals surface area (Å²) in [6.45, 7) is 1.75. The van der Waals surface area contributed by atoms with Gasteiger partial charge in [-0.25, -0.2) is 0 Å². The Bertz CT molecular complexity index is 1410. The number of carbonyl (C=O) groups excluding carboxylic acids is 1. The molecule has 1 aromatic heterocycles. The summed E-state index contributed by atoms with van der Waals surface area (Å²) in [6.07, 6.45) is 0. The molecule has 0 saturated heterocycles. The number of aromatic hydroxyl groups is 1. The number of benzene rings is 3. The van der Waals surface area contributed by atoms with Crippen LogP contribution in [0.4, 0.5) is 11.4 Å². The lowest BCUT2D eigenvalue weighted by molar-refractivity contribution is -0.116. The zero-order valence-corrected chi connectivity index (χ0v) is 18.0. The number of carbonyl (C=O) groups is 1. The molecule has 0 fully saturated rings. The van der Waals surface area contributed by atoms with E-state index in [1.54, 1.807) is 54.6 Å². The number of hydrogen-bond acceptors (Lipinski definition) is 5. The van der Waals surface area contributed by atoms with Gasteiger partial charge in [0.05, 0.1) is 10.4 Å². The minimum absolute atomic E-state index is 0.00977. The lowest BCUT2D eigenvalue weighted by Crippen LogP contribution is -2.18. The van der Waals surface area contributed by atoms with Gasteiger partial charge in [0.2, 0.25) is 11.8 Å². The Hall–Kier alpha value is -3.98. The Kier molecular flexibility index (Phi) is 5.74. The number of fused-ring (bicyclic) bond motifs is 1. The van der Waals surface area contributed by atoms with E-state index in [-0.39, 0.29) is 28.9 Å². The Morgan fingerprint density at radius 3 is 2.34 bits per heavy atom. The van der Waals surface area contributed by atoms with Crippen molar-refractivity contribution in [3.8, 4) is 5.88 Å². The van der Waals surface area contributed by atoms with Crippen LogP contribution in [0.25, 0.3) is 10.9 Å². The van der Waals surface area contributed by atoms with Crippen molar-refractivity contribution in [3.05, 3.63) is 84.4 Å². The van der Waals surface area contributed by atoms with Crippen molar-refractivity contribution < 1.29 is 18.3 Å². The maximum Gasteiger partial charge on any atom is 0.299 e. The van der Waals surface area contributed by atoms with E-state index in [9.17, 15) is 18.3 Å². The maximum absolute atomic E-state index is 12.6. The summed E-state index contributed by atoms with van der Waals surface area (Å²) in [4.78, 5) is 12.6. The molecular weight excluding hydrogens is 428 g/mol. The van der Waals surface area contributed by atoms with E-state index >= 15 is 0 Å². The molecule has 0 aliphatic carbocycles. The second-order valence-electron chi connectivity index (χ2n) is 7.16. The van der Waals surface area contributed by atoms with Crippen molar-refractivity contribution in [1.29, 1.82) is 0 Å². The summed E-state index contributed by atoms with van der Waals surface area (Å²) >= 11 is 0. The highest BCUT2D eigenvalue weighted by Gasteiger charge is 2.20. The molecule has 0 saturated carbocycles. The second-order valence-corrected chi connectivity index (χ2v) is 8.74.